The molecule has 0 aromatic heterocycles. The van der Waals surface area contributed by atoms with Crippen molar-refractivity contribution < 1.29 is 22.8 Å². The Labute approximate surface area is 96.1 Å². The summed E-state index contributed by atoms with van der Waals surface area (Å²) in [5, 5.41) is 12.1. The molecule has 0 aromatic carbocycles. The zero-order valence-electron chi connectivity index (χ0n) is 9.35. The molecule has 7 heteroatoms. The molecule has 1 unspecified atom stereocenters. The molecule has 3 N–H and O–H groups in total. The van der Waals surface area contributed by atoms with Crippen molar-refractivity contribution in [2.45, 2.75) is 13.0 Å². The van der Waals surface area contributed by atoms with Crippen LogP contribution in [-0.4, -0.2) is 56.2 Å². The van der Waals surface area contributed by atoms with E-state index in [0.29, 0.717) is 6.61 Å². The lowest BCUT2D eigenvalue weighted by Gasteiger charge is -2.11. The first-order chi connectivity index (χ1) is 7.31. The Bertz CT molecular complexity index is 301. The predicted molar refractivity (Wildman–Crippen MR) is 60.9 cm³/mol. The monoisotopic (exact) mass is 253 g/mol. The minimum absolute atomic E-state index is 0.0936. The van der Waals surface area contributed by atoms with Crippen LogP contribution in [0.25, 0.3) is 0 Å². The first-order valence-corrected chi connectivity index (χ1v) is 6.48. The average molecular weight is 253 g/mol. The van der Waals surface area contributed by atoms with E-state index in [9.17, 15) is 13.5 Å². The predicted octanol–water partition coefficient (Wildman–Crippen LogP) is -0.583. The molecule has 0 aliphatic carbocycles. The van der Waals surface area contributed by atoms with Crippen LogP contribution >= 0.6 is 0 Å². The summed E-state index contributed by atoms with van der Waals surface area (Å²) in [5.41, 5.74) is 0.867. The number of ether oxygens (including phenoxy) is 1. The van der Waals surface area contributed by atoms with E-state index in [2.05, 4.69) is 11.9 Å². The first kappa shape index (κ1) is 15.5. The first-order valence-electron chi connectivity index (χ1n) is 4.87. The quantitative estimate of drug-likeness (QED) is 0.289. The number of aliphatic hydroxyl groups excluding tert-OH is 1. The molecule has 16 heavy (non-hydrogen) atoms. The Morgan fingerprint density at radius 3 is 2.69 bits per heavy atom. The van der Waals surface area contributed by atoms with E-state index in [1.165, 1.54) is 0 Å². The molecule has 0 aliphatic rings. The van der Waals surface area contributed by atoms with Crippen LogP contribution in [0, 0.1) is 0 Å². The van der Waals surface area contributed by atoms with Crippen LogP contribution in [0.2, 0.25) is 0 Å². The van der Waals surface area contributed by atoms with Crippen molar-refractivity contribution in [2.24, 2.45) is 0 Å². The van der Waals surface area contributed by atoms with Crippen LogP contribution in [-0.2, 0) is 14.9 Å². The van der Waals surface area contributed by atoms with Crippen molar-refractivity contribution in [2.75, 3.05) is 32.1 Å². The van der Waals surface area contributed by atoms with Crippen molar-refractivity contribution in [3.8, 4) is 0 Å². The Balaban J connectivity index is 3.44. The maximum atomic E-state index is 10.3. The van der Waals surface area contributed by atoms with Gasteiger partial charge in [-0.25, -0.2) is 0 Å². The van der Waals surface area contributed by atoms with E-state index in [1.54, 1.807) is 0 Å². The summed E-state index contributed by atoms with van der Waals surface area (Å²) >= 11 is 0. The van der Waals surface area contributed by atoms with E-state index < -0.39 is 16.2 Å². The zero-order chi connectivity index (χ0) is 12.6. The van der Waals surface area contributed by atoms with Gasteiger partial charge in [-0.2, -0.15) is 8.42 Å². The van der Waals surface area contributed by atoms with Crippen molar-refractivity contribution in [3.05, 3.63) is 12.2 Å². The van der Waals surface area contributed by atoms with Gasteiger partial charge in [0.05, 0.1) is 25.1 Å². The lowest BCUT2D eigenvalue weighted by Crippen LogP contribution is -2.33. The normalized spacial score (nSPS) is 13.7. The summed E-state index contributed by atoms with van der Waals surface area (Å²) in [7, 11) is -3.94. The summed E-state index contributed by atoms with van der Waals surface area (Å²) in [6.45, 7) is 6.31. The zero-order valence-corrected chi connectivity index (χ0v) is 10.2. The SMILES string of the molecule is C=C(C)COCC(O)CNCCS(=O)(=O)O. The van der Waals surface area contributed by atoms with Gasteiger partial charge < -0.3 is 15.2 Å². The second-order valence-corrected chi connectivity index (χ2v) is 5.19. The number of hydrogen-bond acceptors (Lipinski definition) is 5. The fourth-order valence-electron chi connectivity index (χ4n) is 0.898. The smallest absolute Gasteiger partial charge is 0.266 e. The number of hydrogen-bond donors (Lipinski definition) is 3. The van der Waals surface area contributed by atoms with E-state index >= 15 is 0 Å². The molecule has 6 nitrogen and oxygen atoms in total. The molecule has 0 rings (SSSR count). The van der Waals surface area contributed by atoms with E-state index in [1.807, 2.05) is 6.92 Å². The van der Waals surface area contributed by atoms with Crippen molar-refractivity contribution >= 4 is 10.1 Å². The summed E-state index contributed by atoms with van der Waals surface area (Å²) in [5.74, 6) is -0.369. The molecule has 0 saturated carbocycles. The molecule has 96 valence electrons. The largest absolute Gasteiger partial charge is 0.389 e. The highest BCUT2D eigenvalue weighted by molar-refractivity contribution is 7.85. The average Bonchev–Trinajstić information content (AvgIpc) is 2.10. The van der Waals surface area contributed by atoms with Crippen molar-refractivity contribution in [1.82, 2.24) is 5.32 Å². The molecule has 0 bridgehead atoms. The topological polar surface area (TPSA) is 95.9 Å². The summed E-state index contributed by atoms with van der Waals surface area (Å²) < 4.78 is 34.2. The van der Waals surface area contributed by atoms with Gasteiger partial charge in [-0.05, 0) is 6.92 Å². The van der Waals surface area contributed by atoms with E-state index in [-0.39, 0.29) is 25.4 Å². The standard InChI is InChI=1S/C9H19NO5S/c1-8(2)6-15-7-9(11)5-10-3-4-16(12,13)14/h9-11H,1,3-7H2,2H3,(H,12,13,14). The van der Waals surface area contributed by atoms with E-state index in [0.717, 1.165) is 5.57 Å². The van der Waals surface area contributed by atoms with Crippen molar-refractivity contribution in [1.29, 1.82) is 0 Å². The fraction of sp³-hybridized carbons (Fsp3) is 0.778. The molecule has 1 atom stereocenters. The Morgan fingerprint density at radius 2 is 2.19 bits per heavy atom. The molecule has 0 aromatic rings. The van der Waals surface area contributed by atoms with Crippen LogP contribution in [0.15, 0.2) is 12.2 Å². The van der Waals surface area contributed by atoms with Gasteiger partial charge in [0.2, 0.25) is 0 Å². The maximum absolute atomic E-state index is 10.3. The highest BCUT2D eigenvalue weighted by Gasteiger charge is 2.06. The van der Waals surface area contributed by atoms with Gasteiger partial charge >= 0.3 is 0 Å². The molecule has 0 aliphatic heterocycles. The maximum Gasteiger partial charge on any atom is 0.266 e. The number of aliphatic hydroxyl groups is 1. The number of rotatable bonds is 9. The van der Waals surface area contributed by atoms with Crippen LogP contribution in [0.5, 0.6) is 0 Å². The molecule has 0 saturated heterocycles. The molecular formula is C9H19NO5S. The Kier molecular flexibility index (Phi) is 7.52. The highest BCUT2D eigenvalue weighted by Crippen LogP contribution is 1.90. The Morgan fingerprint density at radius 1 is 1.56 bits per heavy atom. The molecule has 0 fully saturated rings. The van der Waals surface area contributed by atoms with Crippen LogP contribution in [0.4, 0.5) is 0 Å². The van der Waals surface area contributed by atoms with Crippen molar-refractivity contribution in [3.63, 3.8) is 0 Å². The van der Waals surface area contributed by atoms with Gasteiger partial charge in [-0.1, -0.05) is 12.2 Å². The van der Waals surface area contributed by atoms with Gasteiger partial charge in [-0.15, -0.1) is 0 Å². The van der Waals surface area contributed by atoms with Crippen LogP contribution < -0.4 is 5.32 Å². The van der Waals surface area contributed by atoms with Gasteiger partial charge in [-0.3, -0.25) is 4.55 Å². The summed E-state index contributed by atoms with van der Waals surface area (Å²) in [6.07, 6.45) is -0.708. The van der Waals surface area contributed by atoms with Crippen LogP contribution in [0.1, 0.15) is 6.92 Å². The highest BCUT2D eigenvalue weighted by atomic mass is 32.2. The number of nitrogens with one attached hydrogen (secondary N) is 1. The van der Waals surface area contributed by atoms with E-state index in [4.69, 9.17) is 9.29 Å². The molecule has 0 spiro atoms. The summed E-state index contributed by atoms with van der Waals surface area (Å²) in [6, 6.07) is 0. The molecule has 0 heterocycles. The lowest BCUT2D eigenvalue weighted by atomic mass is 10.3. The minimum atomic E-state index is -3.94. The molecule has 0 radical (unpaired) electrons. The second kappa shape index (κ2) is 7.75. The fourth-order valence-corrected chi connectivity index (χ4v) is 1.30. The van der Waals surface area contributed by atoms with Gasteiger partial charge in [0.15, 0.2) is 0 Å². The third-order valence-corrected chi connectivity index (χ3v) is 2.30. The van der Waals surface area contributed by atoms with Crippen LogP contribution in [0.3, 0.4) is 0 Å². The third-order valence-electron chi connectivity index (χ3n) is 1.58. The molecule has 0 amide bonds. The molecular weight excluding hydrogens is 234 g/mol. The third kappa shape index (κ3) is 11.6. The Hall–Kier alpha value is -0.470. The van der Waals surface area contributed by atoms with Gasteiger partial charge in [0.25, 0.3) is 10.1 Å². The van der Waals surface area contributed by atoms with Gasteiger partial charge in [0.1, 0.15) is 0 Å². The summed E-state index contributed by atoms with van der Waals surface area (Å²) in [4.78, 5) is 0. The van der Waals surface area contributed by atoms with Gasteiger partial charge in [0, 0.05) is 13.1 Å². The second-order valence-electron chi connectivity index (χ2n) is 3.62. The lowest BCUT2D eigenvalue weighted by molar-refractivity contribution is 0.0473. The minimum Gasteiger partial charge on any atom is -0.389 e.